The molecule has 0 aliphatic heterocycles. The molecular weight excluding hydrogens is 320 g/mol. The van der Waals surface area contributed by atoms with Crippen LogP contribution in [-0.2, 0) is 6.42 Å². The third-order valence-electron chi connectivity index (χ3n) is 3.13. The molecule has 0 saturated heterocycles. The fourth-order valence-electron chi connectivity index (χ4n) is 2.18. The van der Waals surface area contributed by atoms with Crippen molar-refractivity contribution in [1.29, 1.82) is 0 Å². The van der Waals surface area contributed by atoms with E-state index in [0.29, 0.717) is 0 Å². The monoisotopic (exact) mass is 332 g/mol. The molecule has 1 unspecified atom stereocenters. The zero-order valence-electron chi connectivity index (χ0n) is 10.6. The van der Waals surface area contributed by atoms with Crippen LogP contribution in [0.25, 0.3) is 5.52 Å². The highest BCUT2D eigenvalue weighted by Crippen LogP contribution is 2.22. The average molecular weight is 333 g/mol. The summed E-state index contributed by atoms with van der Waals surface area (Å²) in [5, 5.41) is 4.30. The number of nitrogens with zero attached hydrogens (tertiary/aromatic N) is 4. The Morgan fingerprint density at radius 2 is 2.15 bits per heavy atom. The highest BCUT2D eigenvalue weighted by Gasteiger charge is 2.16. The summed E-state index contributed by atoms with van der Waals surface area (Å²) in [6.45, 7) is 0. The fraction of sp³-hybridized carbons (Fsp3) is 0.154. The summed E-state index contributed by atoms with van der Waals surface area (Å²) in [6.07, 6.45) is 11.4. The van der Waals surface area contributed by atoms with Crippen molar-refractivity contribution >= 4 is 21.4 Å². The van der Waals surface area contributed by atoms with E-state index in [0.717, 1.165) is 27.5 Å². The summed E-state index contributed by atoms with van der Waals surface area (Å²) in [5.41, 5.74) is 5.89. The van der Waals surface area contributed by atoms with Gasteiger partial charge >= 0.3 is 0 Å². The van der Waals surface area contributed by atoms with E-state index >= 15 is 0 Å². The van der Waals surface area contributed by atoms with Crippen molar-refractivity contribution in [1.82, 2.24) is 25.0 Å². The van der Waals surface area contributed by atoms with Crippen LogP contribution in [0.4, 0.5) is 0 Å². The second-order valence-electron chi connectivity index (χ2n) is 4.44. The van der Waals surface area contributed by atoms with E-state index in [-0.39, 0.29) is 6.04 Å². The topological polar surface area (TPSA) is 81.1 Å². The van der Waals surface area contributed by atoms with E-state index in [9.17, 15) is 0 Å². The van der Waals surface area contributed by atoms with Gasteiger partial charge in [-0.2, -0.15) is 5.10 Å². The first-order valence-corrected chi connectivity index (χ1v) is 6.90. The van der Waals surface area contributed by atoms with Crippen LogP contribution in [0.2, 0.25) is 0 Å². The SMILES string of the molecule is NNC(Cc1cncc(Br)c1)c1cnn2ccncc12. The third-order valence-corrected chi connectivity index (χ3v) is 3.57. The maximum Gasteiger partial charge on any atom is 0.0893 e. The average Bonchev–Trinajstić information content (AvgIpc) is 2.89. The molecule has 0 spiro atoms. The number of hydrogen-bond donors (Lipinski definition) is 2. The Bertz CT molecular complexity index is 725. The molecule has 0 radical (unpaired) electrons. The smallest absolute Gasteiger partial charge is 0.0893 e. The number of rotatable bonds is 4. The molecule has 3 aromatic heterocycles. The van der Waals surface area contributed by atoms with Crippen LogP contribution in [-0.4, -0.2) is 19.6 Å². The number of fused-ring (bicyclic) bond motifs is 1. The lowest BCUT2D eigenvalue weighted by molar-refractivity contribution is 0.554. The Hall–Kier alpha value is -1.83. The van der Waals surface area contributed by atoms with Gasteiger partial charge in [-0.15, -0.1) is 0 Å². The second-order valence-corrected chi connectivity index (χ2v) is 5.36. The predicted molar refractivity (Wildman–Crippen MR) is 78.7 cm³/mol. The summed E-state index contributed by atoms with van der Waals surface area (Å²) < 4.78 is 2.73. The Balaban J connectivity index is 1.93. The minimum atomic E-state index is -0.0483. The molecular formula is C13H13BrN6. The van der Waals surface area contributed by atoms with Crippen LogP contribution in [0, 0.1) is 0 Å². The van der Waals surface area contributed by atoms with Crippen molar-refractivity contribution in [3.05, 3.63) is 58.8 Å². The Kier molecular flexibility index (Phi) is 3.72. The van der Waals surface area contributed by atoms with Crippen LogP contribution < -0.4 is 11.3 Å². The van der Waals surface area contributed by atoms with Gasteiger partial charge in [-0.05, 0) is 34.0 Å². The first kappa shape index (κ1) is 13.2. The molecule has 3 aromatic rings. The minimum Gasteiger partial charge on any atom is -0.271 e. The Morgan fingerprint density at radius 3 is 2.95 bits per heavy atom. The quantitative estimate of drug-likeness (QED) is 0.560. The zero-order chi connectivity index (χ0) is 13.9. The lowest BCUT2D eigenvalue weighted by Gasteiger charge is -2.14. The summed E-state index contributed by atoms with van der Waals surface area (Å²) in [5.74, 6) is 5.70. The third kappa shape index (κ3) is 2.55. The molecule has 3 N–H and O–H groups in total. The molecule has 102 valence electrons. The van der Waals surface area contributed by atoms with Crippen LogP contribution in [0.1, 0.15) is 17.2 Å². The number of pyridine rings is 1. The van der Waals surface area contributed by atoms with Crippen molar-refractivity contribution in [2.75, 3.05) is 0 Å². The van der Waals surface area contributed by atoms with E-state index in [1.807, 2.05) is 24.7 Å². The number of nitrogens with two attached hydrogens (primary N) is 1. The first-order valence-electron chi connectivity index (χ1n) is 6.10. The molecule has 20 heavy (non-hydrogen) atoms. The highest BCUT2D eigenvalue weighted by molar-refractivity contribution is 9.10. The molecule has 3 rings (SSSR count). The molecule has 0 aliphatic carbocycles. The lowest BCUT2D eigenvalue weighted by atomic mass is 10.0. The second kappa shape index (κ2) is 5.66. The minimum absolute atomic E-state index is 0.0483. The first-order chi connectivity index (χ1) is 9.78. The summed E-state index contributed by atoms with van der Waals surface area (Å²) in [6, 6.07) is 1.98. The van der Waals surface area contributed by atoms with Gasteiger partial charge in [0, 0.05) is 34.8 Å². The molecule has 0 bridgehead atoms. The molecule has 7 heteroatoms. The van der Waals surface area contributed by atoms with Crippen LogP contribution >= 0.6 is 15.9 Å². The molecule has 0 saturated carbocycles. The molecule has 0 aromatic carbocycles. The van der Waals surface area contributed by atoms with Crippen molar-refractivity contribution in [3.8, 4) is 0 Å². The van der Waals surface area contributed by atoms with Crippen molar-refractivity contribution < 1.29 is 0 Å². The van der Waals surface area contributed by atoms with Gasteiger partial charge in [-0.25, -0.2) is 4.52 Å². The number of hydrogen-bond acceptors (Lipinski definition) is 5. The zero-order valence-corrected chi connectivity index (χ0v) is 12.2. The van der Waals surface area contributed by atoms with Gasteiger partial charge in [-0.3, -0.25) is 21.2 Å². The van der Waals surface area contributed by atoms with Gasteiger partial charge in [0.2, 0.25) is 0 Å². The molecule has 1 atom stereocenters. The van der Waals surface area contributed by atoms with Crippen LogP contribution in [0.5, 0.6) is 0 Å². The molecule has 0 fully saturated rings. The van der Waals surface area contributed by atoms with Crippen molar-refractivity contribution in [3.63, 3.8) is 0 Å². The molecule has 0 amide bonds. The summed E-state index contributed by atoms with van der Waals surface area (Å²) in [7, 11) is 0. The standard InChI is InChI=1S/C13H13BrN6/c14-10-3-9(5-17-6-10)4-12(19-15)11-7-18-20-2-1-16-8-13(11)20/h1-3,5-8,12,19H,4,15H2. The summed E-state index contributed by atoms with van der Waals surface area (Å²) >= 11 is 3.42. The maximum absolute atomic E-state index is 5.70. The Morgan fingerprint density at radius 1 is 1.25 bits per heavy atom. The number of aromatic nitrogens is 4. The highest BCUT2D eigenvalue weighted by atomic mass is 79.9. The van der Waals surface area contributed by atoms with Gasteiger partial charge in [0.1, 0.15) is 0 Å². The van der Waals surface area contributed by atoms with E-state index in [4.69, 9.17) is 5.84 Å². The summed E-state index contributed by atoms with van der Waals surface area (Å²) in [4.78, 5) is 8.30. The molecule has 6 nitrogen and oxygen atoms in total. The van der Waals surface area contributed by atoms with Crippen LogP contribution in [0.15, 0.2) is 47.7 Å². The maximum atomic E-state index is 5.70. The van der Waals surface area contributed by atoms with Crippen molar-refractivity contribution in [2.45, 2.75) is 12.5 Å². The van der Waals surface area contributed by atoms with E-state index < -0.39 is 0 Å². The predicted octanol–water partition coefficient (Wildman–Crippen LogP) is 1.63. The Labute approximate surface area is 124 Å². The molecule has 3 heterocycles. The number of halogens is 1. The van der Waals surface area contributed by atoms with Gasteiger partial charge in [0.05, 0.1) is 24.0 Å². The van der Waals surface area contributed by atoms with E-state index in [1.165, 1.54) is 0 Å². The number of nitrogens with one attached hydrogen (secondary N) is 1. The van der Waals surface area contributed by atoms with Gasteiger partial charge in [-0.1, -0.05) is 0 Å². The van der Waals surface area contributed by atoms with E-state index in [1.54, 1.807) is 23.1 Å². The lowest BCUT2D eigenvalue weighted by Crippen LogP contribution is -2.29. The van der Waals surface area contributed by atoms with Gasteiger partial charge in [0.15, 0.2) is 0 Å². The molecule has 0 aliphatic rings. The van der Waals surface area contributed by atoms with Crippen molar-refractivity contribution in [2.24, 2.45) is 5.84 Å². The van der Waals surface area contributed by atoms with E-state index in [2.05, 4.69) is 36.4 Å². The number of hydrazine groups is 1. The fourth-order valence-corrected chi connectivity index (χ4v) is 2.60. The largest absolute Gasteiger partial charge is 0.271 e. The normalized spacial score (nSPS) is 12.7. The van der Waals surface area contributed by atoms with Crippen LogP contribution in [0.3, 0.4) is 0 Å². The van der Waals surface area contributed by atoms with Gasteiger partial charge in [0.25, 0.3) is 0 Å². The van der Waals surface area contributed by atoms with Gasteiger partial charge < -0.3 is 0 Å².